The lowest BCUT2D eigenvalue weighted by Crippen LogP contribution is -2.53. The van der Waals surface area contributed by atoms with Crippen molar-refractivity contribution < 1.29 is 4.79 Å². The first-order valence-corrected chi connectivity index (χ1v) is 9.07. The van der Waals surface area contributed by atoms with Crippen molar-refractivity contribution in [3.05, 3.63) is 0 Å². The third-order valence-electron chi connectivity index (χ3n) is 5.57. The van der Waals surface area contributed by atoms with Gasteiger partial charge in [0, 0.05) is 32.2 Å². The molecule has 4 heteroatoms. The van der Waals surface area contributed by atoms with Gasteiger partial charge in [0.2, 0.25) is 5.91 Å². The quantitative estimate of drug-likeness (QED) is 0.796. The smallest absolute Gasteiger partial charge is 0.236 e. The van der Waals surface area contributed by atoms with E-state index in [1.54, 1.807) is 0 Å². The van der Waals surface area contributed by atoms with Gasteiger partial charge in [-0.05, 0) is 38.8 Å². The molecule has 3 fully saturated rings. The van der Waals surface area contributed by atoms with E-state index in [1.807, 2.05) is 0 Å². The highest BCUT2D eigenvalue weighted by molar-refractivity contribution is 5.78. The number of carbonyl (C=O) groups excluding carboxylic acids is 1. The van der Waals surface area contributed by atoms with E-state index in [4.69, 9.17) is 0 Å². The number of piperazine rings is 1. The average molecular weight is 293 g/mol. The monoisotopic (exact) mass is 293 g/mol. The summed E-state index contributed by atoms with van der Waals surface area (Å²) in [6.07, 6.45) is 10.8. The number of likely N-dealkylation sites (tertiary alicyclic amines) is 1. The van der Waals surface area contributed by atoms with Crippen LogP contribution in [0.1, 0.15) is 51.4 Å². The Labute approximate surface area is 129 Å². The van der Waals surface area contributed by atoms with Crippen molar-refractivity contribution in [3.63, 3.8) is 0 Å². The highest BCUT2D eigenvalue weighted by Crippen LogP contribution is 2.24. The zero-order valence-corrected chi connectivity index (χ0v) is 13.4. The third kappa shape index (κ3) is 4.19. The number of amides is 1. The molecule has 0 aromatic rings. The van der Waals surface area contributed by atoms with Crippen LogP contribution < -0.4 is 0 Å². The van der Waals surface area contributed by atoms with E-state index in [0.29, 0.717) is 12.5 Å². The number of carbonyl (C=O) groups is 1. The van der Waals surface area contributed by atoms with Gasteiger partial charge in [0.1, 0.15) is 0 Å². The molecule has 0 bridgehead atoms. The van der Waals surface area contributed by atoms with Crippen LogP contribution in [0.5, 0.6) is 0 Å². The molecule has 1 aliphatic carbocycles. The Bertz CT molecular complexity index is 325. The molecule has 0 radical (unpaired) electrons. The highest BCUT2D eigenvalue weighted by atomic mass is 16.2. The first-order valence-electron chi connectivity index (χ1n) is 9.07. The molecule has 21 heavy (non-hydrogen) atoms. The van der Waals surface area contributed by atoms with Gasteiger partial charge in [-0.2, -0.15) is 0 Å². The first kappa shape index (κ1) is 15.3. The van der Waals surface area contributed by atoms with Gasteiger partial charge in [-0.25, -0.2) is 0 Å². The Morgan fingerprint density at radius 1 is 0.762 bits per heavy atom. The van der Waals surface area contributed by atoms with Crippen LogP contribution in [0.2, 0.25) is 0 Å². The fourth-order valence-corrected chi connectivity index (χ4v) is 4.19. The predicted octanol–water partition coefficient (Wildman–Crippen LogP) is 1.95. The maximum Gasteiger partial charge on any atom is 0.236 e. The molecule has 2 aliphatic heterocycles. The standard InChI is InChI=1S/C17H31N3O/c21-17(15-18-9-5-1-2-6-10-18)20-13-11-19(12-14-20)16-7-3-4-8-16/h16H,1-15H2. The van der Waals surface area contributed by atoms with E-state index in [1.165, 1.54) is 51.4 Å². The van der Waals surface area contributed by atoms with Gasteiger partial charge in [-0.15, -0.1) is 0 Å². The van der Waals surface area contributed by atoms with Gasteiger partial charge < -0.3 is 4.90 Å². The van der Waals surface area contributed by atoms with Gasteiger partial charge in [0.05, 0.1) is 6.54 Å². The molecule has 0 unspecified atom stereocenters. The topological polar surface area (TPSA) is 26.8 Å². The lowest BCUT2D eigenvalue weighted by Gasteiger charge is -2.38. The number of hydrogen-bond acceptors (Lipinski definition) is 3. The molecule has 0 spiro atoms. The van der Waals surface area contributed by atoms with Crippen molar-refractivity contribution in [1.29, 1.82) is 0 Å². The van der Waals surface area contributed by atoms with Crippen LogP contribution in [0.25, 0.3) is 0 Å². The van der Waals surface area contributed by atoms with Crippen molar-refractivity contribution in [2.24, 2.45) is 0 Å². The zero-order valence-electron chi connectivity index (χ0n) is 13.4. The Hall–Kier alpha value is -0.610. The average Bonchev–Trinajstić information content (AvgIpc) is 2.93. The first-order chi connectivity index (χ1) is 10.3. The lowest BCUT2D eigenvalue weighted by atomic mass is 10.2. The summed E-state index contributed by atoms with van der Waals surface area (Å²) in [5.74, 6) is 0.364. The molecular weight excluding hydrogens is 262 g/mol. The zero-order chi connectivity index (χ0) is 14.5. The molecular formula is C17H31N3O. The second-order valence-electron chi connectivity index (χ2n) is 7.05. The molecule has 0 N–H and O–H groups in total. The molecule has 4 nitrogen and oxygen atoms in total. The summed E-state index contributed by atoms with van der Waals surface area (Å²) in [6, 6.07) is 0.813. The molecule has 3 rings (SSSR count). The second kappa shape index (κ2) is 7.59. The summed E-state index contributed by atoms with van der Waals surface area (Å²) < 4.78 is 0. The molecule has 1 amide bonds. The van der Waals surface area contributed by atoms with Gasteiger partial charge in [-0.3, -0.25) is 14.6 Å². The molecule has 2 heterocycles. The fraction of sp³-hybridized carbons (Fsp3) is 0.941. The van der Waals surface area contributed by atoms with Crippen LogP contribution in [0.15, 0.2) is 0 Å². The lowest BCUT2D eigenvalue weighted by molar-refractivity contribution is -0.134. The van der Waals surface area contributed by atoms with Crippen molar-refractivity contribution in [3.8, 4) is 0 Å². The minimum atomic E-state index is 0.364. The predicted molar refractivity (Wildman–Crippen MR) is 85.3 cm³/mol. The van der Waals surface area contributed by atoms with Crippen LogP contribution in [-0.2, 0) is 4.79 Å². The number of hydrogen-bond donors (Lipinski definition) is 0. The van der Waals surface area contributed by atoms with Crippen LogP contribution >= 0.6 is 0 Å². The maximum absolute atomic E-state index is 12.5. The van der Waals surface area contributed by atoms with Crippen molar-refractivity contribution in [2.45, 2.75) is 57.4 Å². The summed E-state index contributed by atoms with van der Waals surface area (Å²) in [5.41, 5.74) is 0. The Morgan fingerprint density at radius 2 is 1.38 bits per heavy atom. The van der Waals surface area contributed by atoms with Gasteiger partial charge >= 0.3 is 0 Å². The summed E-state index contributed by atoms with van der Waals surface area (Å²) in [4.78, 5) is 19.6. The number of nitrogens with zero attached hydrogens (tertiary/aromatic N) is 3. The van der Waals surface area contributed by atoms with Crippen molar-refractivity contribution in [1.82, 2.24) is 14.7 Å². The van der Waals surface area contributed by atoms with E-state index < -0.39 is 0 Å². The normalized spacial score (nSPS) is 27.0. The van der Waals surface area contributed by atoms with E-state index in [9.17, 15) is 4.79 Å². The van der Waals surface area contributed by atoms with E-state index in [-0.39, 0.29) is 0 Å². The summed E-state index contributed by atoms with van der Waals surface area (Å²) in [6.45, 7) is 6.98. The molecule has 0 aromatic carbocycles. The Kier molecular flexibility index (Phi) is 5.53. The largest absolute Gasteiger partial charge is 0.339 e. The Balaban J connectivity index is 1.41. The van der Waals surface area contributed by atoms with E-state index >= 15 is 0 Å². The minimum absolute atomic E-state index is 0.364. The maximum atomic E-state index is 12.5. The molecule has 0 atom stereocenters. The second-order valence-corrected chi connectivity index (χ2v) is 7.05. The minimum Gasteiger partial charge on any atom is -0.339 e. The van der Waals surface area contributed by atoms with Crippen molar-refractivity contribution >= 4 is 5.91 Å². The van der Waals surface area contributed by atoms with E-state index in [2.05, 4.69) is 14.7 Å². The van der Waals surface area contributed by atoms with Crippen LogP contribution in [0.3, 0.4) is 0 Å². The van der Waals surface area contributed by atoms with Crippen LogP contribution in [0, 0.1) is 0 Å². The van der Waals surface area contributed by atoms with Gasteiger partial charge in [-0.1, -0.05) is 25.7 Å². The fourth-order valence-electron chi connectivity index (χ4n) is 4.19. The molecule has 1 saturated carbocycles. The highest BCUT2D eigenvalue weighted by Gasteiger charge is 2.28. The molecule has 2 saturated heterocycles. The Morgan fingerprint density at radius 3 is 2.00 bits per heavy atom. The van der Waals surface area contributed by atoms with Crippen LogP contribution in [-0.4, -0.2) is 72.5 Å². The number of rotatable bonds is 3. The summed E-state index contributed by atoms with van der Waals surface area (Å²) in [5, 5.41) is 0. The van der Waals surface area contributed by atoms with Gasteiger partial charge in [0.15, 0.2) is 0 Å². The SMILES string of the molecule is O=C(CN1CCCCCC1)N1CCN(C2CCCC2)CC1. The third-order valence-corrected chi connectivity index (χ3v) is 5.57. The molecule has 120 valence electrons. The van der Waals surface area contributed by atoms with Crippen LogP contribution in [0.4, 0.5) is 0 Å². The van der Waals surface area contributed by atoms with Gasteiger partial charge in [0.25, 0.3) is 0 Å². The van der Waals surface area contributed by atoms with E-state index in [0.717, 1.165) is 45.3 Å². The molecule has 0 aromatic heterocycles. The summed E-state index contributed by atoms with van der Waals surface area (Å²) in [7, 11) is 0. The van der Waals surface area contributed by atoms with Crippen molar-refractivity contribution in [2.75, 3.05) is 45.8 Å². The molecule has 3 aliphatic rings. The summed E-state index contributed by atoms with van der Waals surface area (Å²) >= 11 is 0.